The van der Waals surface area contributed by atoms with Crippen molar-refractivity contribution in [3.8, 4) is 34.7 Å². The molecule has 0 atom stereocenters. The van der Waals surface area contributed by atoms with E-state index >= 15 is 0 Å². The molecule has 0 amide bonds. The summed E-state index contributed by atoms with van der Waals surface area (Å²) in [5.74, 6) is 0.244. The van der Waals surface area contributed by atoms with Crippen molar-refractivity contribution in [3.63, 3.8) is 0 Å². The maximum Gasteiger partial charge on any atom is 0.226 e. The highest BCUT2D eigenvalue weighted by Gasteiger charge is 2.22. The number of aryl methyl sites for hydroxylation is 1. The average molecular weight is 539 g/mol. The fraction of sp³-hybridized carbons (Fsp3) is 0.154. The molecule has 0 saturated heterocycles. The number of rotatable bonds is 8. The Balaban J connectivity index is 1.66. The quantitative estimate of drug-likeness (QED) is 0.194. The van der Waals surface area contributed by atoms with Gasteiger partial charge in [0.25, 0.3) is 0 Å². The molecule has 4 rings (SSSR count). The largest absolute Gasteiger partial charge is 0.444 e. The molecule has 6 nitrogen and oxygen atoms in total. The first-order chi connectivity index (χ1) is 17.4. The fourth-order valence-electron chi connectivity index (χ4n) is 3.55. The average Bonchev–Trinajstić information content (AvgIpc) is 3.35. The van der Waals surface area contributed by atoms with Crippen LogP contribution in [-0.2, 0) is 12.2 Å². The maximum absolute atomic E-state index is 14.7. The third-order valence-corrected chi connectivity index (χ3v) is 6.82. The van der Waals surface area contributed by atoms with Crippen molar-refractivity contribution >= 4 is 35.0 Å². The molecule has 0 unspecified atom stereocenters. The summed E-state index contributed by atoms with van der Waals surface area (Å²) >= 11 is 13.4. The smallest absolute Gasteiger partial charge is 0.226 e. The minimum atomic E-state index is -0.492. The van der Waals surface area contributed by atoms with Crippen LogP contribution in [-0.4, -0.2) is 21.7 Å². The van der Waals surface area contributed by atoms with Crippen LogP contribution in [0.15, 0.2) is 58.2 Å². The molecule has 0 aliphatic heterocycles. The number of nitrogens with zero attached hydrogens (tertiary/aromatic N) is 4. The number of aromatic nitrogens is 2. The standard InChI is InChI=1S/C26H17Cl2FN4O2S/c27-18-7-5-16(6-8-18)25-32-19(13-35-25)14-36-26-21(12-31)23(20(11-30)24(28)33-26)17-4-3-15(2-1-9-34)22(29)10-17/h3-8,10,13,34H,1-2,9,14H2. The summed E-state index contributed by atoms with van der Waals surface area (Å²) in [5.41, 5.74) is 2.47. The summed E-state index contributed by atoms with van der Waals surface area (Å²) in [4.78, 5) is 8.73. The van der Waals surface area contributed by atoms with E-state index in [4.69, 9.17) is 32.7 Å². The van der Waals surface area contributed by atoms with E-state index in [0.717, 1.165) is 5.56 Å². The molecular weight excluding hydrogens is 522 g/mol. The van der Waals surface area contributed by atoms with Gasteiger partial charge >= 0.3 is 0 Å². The van der Waals surface area contributed by atoms with Gasteiger partial charge in [-0.3, -0.25) is 0 Å². The van der Waals surface area contributed by atoms with Crippen LogP contribution >= 0.6 is 35.0 Å². The van der Waals surface area contributed by atoms with E-state index in [1.807, 2.05) is 6.07 Å². The minimum Gasteiger partial charge on any atom is -0.444 e. The molecule has 2 aromatic heterocycles. The number of halogens is 3. The molecule has 0 saturated carbocycles. The van der Waals surface area contributed by atoms with Gasteiger partial charge in [0.1, 0.15) is 34.4 Å². The predicted molar refractivity (Wildman–Crippen MR) is 136 cm³/mol. The summed E-state index contributed by atoms with van der Waals surface area (Å²) in [6.45, 7) is -0.0500. The minimum absolute atomic E-state index is 0.00784. The summed E-state index contributed by atoms with van der Waals surface area (Å²) in [5, 5.41) is 29.5. The molecule has 36 heavy (non-hydrogen) atoms. The second kappa shape index (κ2) is 11.6. The van der Waals surface area contributed by atoms with Crippen molar-refractivity contribution < 1.29 is 13.9 Å². The second-order valence-corrected chi connectivity index (χ2v) is 9.39. The first-order valence-electron chi connectivity index (χ1n) is 10.7. The molecule has 0 bridgehead atoms. The lowest BCUT2D eigenvalue weighted by Crippen LogP contribution is -2.00. The van der Waals surface area contributed by atoms with Gasteiger partial charge in [-0.2, -0.15) is 10.5 Å². The third kappa shape index (κ3) is 5.53. The molecule has 1 N–H and O–H groups in total. The third-order valence-electron chi connectivity index (χ3n) is 5.29. The molecule has 2 heterocycles. The van der Waals surface area contributed by atoms with Gasteiger partial charge in [-0.05, 0) is 54.3 Å². The highest BCUT2D eigenvalue weighted by atomic mass is 35.5. The number of aliphatic hydroxyl groups is 1. The highest BCUT2D eigenvalue weighted by Crippen LogP contribution is 2.38. The lowest BCUT2D eigenvalue weighted by Gasteiger charge is -2.13. The zero-order valence-electron chi connectivity index (χ0n) is 18.6. The van der Waals surface area contributed by atoms with Gasteiger partial charge in [-0.1, -0.05) is 47.1 Å². The van der Waals surface area contributed by atoms with Crippen LogP contribution in [0.4, 0.5) is 4.39 Å². The van der Waals surface area contributed by atoms with Crippen molar-refractivity contribution in [1.29, 1.82) is 10.5 Å². The van der Waals surface area contributed by atoms with E-state index in [-0.39, 0.29) is 33.5 Å². The number of thioether (sulfide) groups is 1. The van der Waals surface area contributed by atoms with Gasteiger partial charge in [0, 0.05) is 28.5 Å². The molecule has 10 heteroatoms. The SMILES string of the molecule is N#Cc1c(Cl)nc(SCc2coc(-c3ccc(Cl)cc3)n2)c(C#N)c1-c1ccc(CCCO)c(F)c1. The van der Waals surface area contributed by atoms with Crippen LogP contribution in [0.2, 0.25) is 10.2 Å². The van der Waals surface area contributed by atoms with Crippen LogP contribution in [0, 0.1) is 28.5 Å². The molecule has 4 aromatic rings. The van der Waals surface area contributed by atoms with Crippen LogP contribution in [0.1, 0.15) is 28.8 Å². The molecule has 0 fully saturated rings. The Morgan fingerprint density at radius 2 is 1.72 bits per heavy atom. The topological polar surface area (TPSA) is 107 Å². The normalized spacial score (nSPS) is 10.7. The van der Waals surface area contributed by atoms with Crippen molar-refractivity contribution in [2.45, 2.75) is 23.6 Å². The van der Waals surface area contributed by atoms with Crippen molar-refractivity contribution in [1.82, 2.24) is 9.97 Å². The van der Waals surface area contributed by atoms with E-state index in [1.165, 1.54) is 24.1 Å². The Morgan fingerprint density at radius 1 is 1.00 bits per heavy atom. The molecule has 0 aliphatic rings. The lowest BCUT2D eigenvalue weighted by molar-refractivity contribution is 0.288. The summed E-state index contributed by atoms with van der Waals surface area (Å²) in [6.07, 6.45) is 2.30. The number of oxazole rings is 1. The predicted octanol–water partition coefficient (Wildman–Crippen LogP) is 6.81. The summed E-state index contributed by atoms with van der Waals surface area (Å²) in [7, 11) is 0. The summed E-state index contributed by atoms with van der Waals surface area (Å²) in [6, 6.07) is 15.6. The van der Waals surface area contributed by atoms with E-state index in [2.05, 4.69) is 16.0 Å². The Bertz CT molecular complexity index is 1490. The highest BCUT2D eigenvalue weighted by molar-refractivity contribution is 7.98. The van der Waals surface area contributed by atoms with E-state index < -0.39 is 5.82 Å². The van der Waals surface area contributed by atoms with Crippen LogP contribution in [0.3, 0.4) is 0 Å². The number of pyridine rings is 1. The Hall–Kier alpha value is -3.40. The van der Waals surface area contributed by atoms with Crippen molar-refractivity contribution in [2.24, 2.45) is 0 Å². The molecular formula is C26H17Cl2FN4O2S. The van der Waals surface area contributed by atoms with Crippen LogP contribution in [0.5, 0.6) is 0 Å². The Labute approximate surface area is 221 Å². The number of benzene rings is 2. The second-order valence-electron chi connectivity index (χ2n) is 7.63. The van der Waals surface area contributed by atoms with Gasteiger partial charge in [0.15, 0.2) is 0 Å². The number of nitriles is 2. The van der Waals surface area contributed by atoms with Crippen LogP contribution in [0.25, 0.3) is 22.6 Å². The number of hydrogen-bond donors (Lipinski definition) is 1. The first-order valence-corrected chi connectivity index (χ1v) is 12.5. The summed E-state index contributed by atoms with van der Waals surface area (Å²) < 4.78 is 20.3. The van der Waals surface area contributed by atoms with Crippen molar-refractivity contribution in [3.05, 3.63) is 87.1 Å². The van der Waals surface area contributed by atoms with E-state index in [9.17, 15) is 14.9 Å². The van der Waals surface area contributed by atoms with E-state index in [0.29, 0.717) is 46.3 Å². The molecule has 0 radical (unpaired) electrons. The monoisotopic (exact) mass is 538 g/mol. The van der Waals surface area contributed by atoms with Crippen LogP contribution < -0.4 is 0 Å². The van der Waals surface area contributed by atoms with E-state index in [1.54, 1.807) is 36.4 Å². The molecule has 0 aliphatic carbocycles. The zero-order valence-corrected chi connectivity index (χ0v) is 21.0. The zero-order chi connectivity index (χ0) is 25.7. The molecule has 0 spiro atoms. The maximum atomic E-state index is 14.7. The Kier molecular flexibility index (Phi) is 8.25. The number of hydrogen-bond acceptors (Lipinski definition) is 7. The van der Waals surface area contributed by atoms with Gasteiger partial charge in [0.05, 0.1) is 16.8 Å². The Morgan fingerprint density at radius 3 is 2.39 bits per heavy atom. The fourth-order valence-corrected chi connectivity index (χ4v) is 4.81. The number of aliphatic hydroxyl groups excluding tert-OH is 1. The van der Waals surface area contributed by atoms with Gasteiger partial charge < -0.3 is 9.52 Å². The van der Waals surface area contributed by atoms with Crippen molar-refractivity contribution in [2.75, 3.05) is 6.61 Å². The molecule has 2 aromatic carbocycles. The first kappa shape index (κ1) is 25.7. The van der Waals surface area contributed by atoms with Gasteiger partial charge in [0.2, 0.25) is 5.89 Å². The lowest BCUT2D eigenvalue weighted by atomic mass is 9.95. The van der Waals surface area contributed by atoms with Gasteiger partial charge in [-0.15, -0.1) is 0 Å². The molecule has 180 valence electrons. The van der Waals surface area contributed by atoms with Gasteiger partial charge in [-0.25, -0.2) is 14.4 Å².